The van der Waals surface area contributed by atoms with E-state index in [1.807, 2.05) is 49.4 Å². The Morgan fingerprint density at radius 2 is 1.93 bits per heavy atom. The molecule has 9 heteroatoms. The first kappa shape index (κ1) is 27.7. The van der Waals surface area contributed by atoms with Gasteiger partial charge in [0.05, 0.1) is 30.9 Å². The lowest BCUT2D eigenvalue weighted by atomic mass is 9.98. The first-order chi connectivity index (χ1) is 19.2. The number of nitrogens with zero attached hydrogens (tertiary/aromatic N) is 3. The molecule has 3 N–H and O–H groups in total. The third kappa shape index (κ3) is 5.56. The molecular formula is C31H35N4O5+. The maximum absolute atomic E-state index is 13.1. The van der Waals surface area contributed by atoms with Gasteiger partial charge in [0.25, 0.3) is 5.69 Å². The van der Waals surface area contributed by atoms with E-state index in [1.165, 1.54) is 7.11 Å². The van der Waals surface area contributed by atoms with Crippen LogP contribution in [-0.2, 0) is 15.1 Å². The topological polar surface area (TPSA) is 104 Å². The van der Waals surface area contributed by atoms with Crippen LogP contribution < -0.4 is 15.1 Å². The van der Waals surface area contributed by atoms with Crippen LogP contribution >= 0.6 is 0 Å². The summed E-state index contributed by atoms with van der Waals surface area (Å²) in [5, 5.41) is 22.1. The second-order valence-corrected chi connectivity index (χ2v) is 10.2. The Labute approximate surface area is 234 Å². The summed E-state index contributed by atoms with van der Waals surface area (Å²) in [6, 6.07) is 16.9. The third-order valence-corrected chi connectivity index (χ3v) is 7.66. The van der Waals surface area contributed by atoms with Crippen LogP contribution in [0.25, 0.3) is 17.3 Å². The van der Waals surface area contributed by atoms with E-state index in [-0.39, 0.29) is 22.5 Å². The van der Waals surface area contributed by atoms with Crippen molar-refractivity contribution in [2.75, 3.05) is 33.4 Å². The second kappa shape index (κ2) is 11.3. The molecule has 3 aromatic rings. The van der Waals surface area contributed by atoms with E-state index in [4.69, 9.17) is 9.47 Å². The summed E-state index contributed by atoms with van der Waals surface area (Å²) in [5.41, 5.74) is 6.66. The lowest BCUT2D eigenvalue weighted by Gasteiger charge is -2.35. The molecular weight excluding hydrogens is 508 g/mol. The predicted molar refractivity (Wildman–Crippen MR) is 152 cm³/mol. The Kier molecular flexibility index (Phi) is 7.84. The minimum absolute atomic E-state index is 0.000932. The molecule has 5 rings (SSSR count). The SMILES string of the molecule is C=C(/C=C\c1c(C)cccc1-c1ccccn1)C(=O)N[N+](O)(O)c1cc(C2(N3CCOCC3)CC2)ccc1OC. The molecule has 40 heavy (non-hydrogen) atoms. The summed E-state index contributed by atoms with van der Waals surface area (Å²) in [7, 11) is 1.44. The largest absolute Gasteiger partial charge is 0.491 e. The molecule has 0 radical (unpaired) electrons. The van der Waals surface area contributed by atoms with Gasteiger partial charge >= 0.3 is 5.91 Å². The lowest BCUT2D eigenvalue weighted by molar-refractivity contribution is -0.318. The van der Waals surface area contributed by atoms with Crippen molar-refractivity contribution < 1.29 is 24.7 Å². The lowest BCUT2D eigenvalue weighted by Crippen LogP contribution is -2.57. The van der Waals surface area contributed by atoms with Crippen molar-refractivity contribution in [2.45, 2.75) is 25.3 Å². The quantitative estimate of drug-likeness (QED) is 0.155. The Bertz CT molecular complexity index is 1430. The molecule has 0 bridgehead atoms. The number of morpholine rings is 1. The number of ether oxygens (including phenoxy) is 2. The molecule has 1 aliphatic heterocycles. The van der Waals surface area contributed by atoms with Crippen LogP contribution in [0, 0.1) is 6.92 Å². The number of methoxy groups -OCH3 is 1. The summed E-state index contributed by atoms with van der Waals surface area (Å²) in [5.74, 6) is -0.524. The van der Waals surface area contributed by atoms with Gasteiger partial charge < -0.3 is 9.47 Å². The molecule has 2 heterocycles. The van der Waals surface area contributed by atoms with Gasteiger partial charge in [-0.15, -0.1) is 15.8 Å². The first-order valence-corrected chi connectivity index (χ1v) is 13.3. The van der Waals surface area contributed by atoms with Crippen molar-refractivity contribution in [3.05, 3.63) is 95.7 Å². The highest BCUT2D eigenvalue weighted by atomic mass is 16.9. The van der Waals surface area contributed by atoms with Crippen molar-refractivity contribution >= 4 is 17.7 Å². The number of pyridine rings is 1. The molecule has 1 aliphatic carbocycles. The van der Waals surface area contributed by atoms with E-state index in [9.17, 15) is 15.2 Å². The highest BCUT2D eigenvalue weighted by Gasteiger charge is 2.51. The van der Waals surface area contributed by atoms with Gasteiger partial charge in [0.15, 0.2) is 5.75 Å². The molecule has 1 amide bonds. The molecule has 1 aromatic heterocycles. The number of carbonyl (C=O) groups excluding carboxylic acids is 1. The monoisotopic (exact) mass is 543 g/mol. The Morgan fingerprint density at radius 3 is 2.60 bits per heavy atom. The molecule has 1 saturated carbocycles. The molecule has 9 nitrogen and oxygen atoms in total. The zero-order valence-corrected chi connectivity index (χ0v) is 22.8. The number of quaternary nitrogens is 1. The van der Waals surface area contributed by atoms with E-state index in [0.29, 0.717) is 13.2 Å². The molecule has 2 fully saturated rings. The van der Waals surface area contributed by atoms with Gasteiger partial charge in [0.1, 0.15) is 0 Å². The number of hydrogen-bond acceptors (Lipinski definition) is 7. The zero-order chi connectivity index (χ0) is 28.3. The predicted octanol–water partition coefficient (Wildman–Crippen LogP) is 4.77. The van der Waals surface area contributed by atoms with Crippen molar-refractivity contribution in [2.24, 2.45) is 0 Å². The summed E-state index contributed by atoms with van der Waals surface area (Å²) >= 11 is 0. The van der Waals surface area contributed by atoms with Crippen LogP contribution in [0.15, 0.2) is 79.0 Å². The number of benzene rings is 2. The van der Waals surface area contributed by atoms with Crippen LogP contribution in [0.5, 0.6) is 5.75 Å². The van der Waals surface area contributed by atoms with Crippen molar-refractivity contribution in [3.63, 3.8) is 0 Å². The number of amides is 1. The van der Waals surface area contributed by atoms with Crippen molar-refractivity contribution in [1.29, 1.82) is 0 Å². The van der Waals surface area contributed by atoms with E-state index < -0.39 is 10.8 Å². The fraction of sp³-hybridized carbons (Fsp3) is 0.290. The van der Waals surface area contributed by atoms with Gasteiger partial charge in [-0.25, -0.2) is 0 Å². The van der Waals surface area contributed by atoms with Gasteiger partial charge in [-0.1, -0.05) is 43.0 Å². The number of rotatable bonds is 9. The highest BCUT2D eigenvalue weighted by molar-refractivity contribution is 5.97. The molecule has 0 unspecified atom stereocenters. The van der Waals surface area contributed by atoms with Gasteiger partial charge in [-0.2, -0.15) is 0 Å². The van der Waals surface area contributed by atoms with E-state index in [2.05, 4.69) is 21.9 Å². The number of nitrogens with one attached hydrogen (secondary N) is 1. The van der Waals surface area contributed by atoms with Crippen LogP contribution in [0.3, 0.4) is 0 Å². The summed E-state index contributed by atoms with van der Waals surface area (Å²) in [4.78, 5) is 18.0. The van der Waals surface area contributed by atoms with Gasteiger partial charge in [-0.3, -0.25) is 14.7 Å². The second-order valence-electron chi connectivity index (χ2n) is 10.2. The number of carbonyl (C=O) groups is 1. The maximum Gasteiger partial charge on any atom is 0.301 e. The Hall–Kier alpha value is -3.86. The van der Waals surface area contributed by atoms with Crippen molar-refractivity contribution in [3.8, 4) is 17.0 Å². The number of aromatic nitrogens is 1. The van der Waals surface area contributed by atoms with Crippen LogP contribution in [-0.4, -0.2) is 59.6 Å². The van der Waals surface area contributed by atoms with E-state index in [0.717, 1.165) is 53.9 Å². The number of aryl methyl sites for hydroxylation is 1. The zero-order valence-electron chi connectivity index (χ0n) is 22.8. The smallest absolute Gasteiger partial charge is 0.301 e. The average molecular weight is 544 g/mol. The van der Waals surface area contributed by atoms with Crippen LogP contribution in [0.2, 0.25) is 0 Å². The van der Waals surface area contributed by atoms with E-state index in [1.54, 1.807) is 30.5 Å². The Morgan fingerprint density at radius 1 is 1.15 bits per heavy atom. The van der Waals surface area contributed by atoms with Crippen LogP contribution in [0.4, 0.5) is 5.69 Å². The normalized spacial score (nSPS) is 17.0. The summed E-state index contributed by atoms with van der Waals surface area (Å²) in [6.07, 6.45) is 6.99. The minimum atomic E-state index is -1.88. The molecule has 1 saturated heterocycles. The molecule has 2 aliphatic rings. The maximum atomic E-state index is 13.1. The molecule has 208 valence electrons. The van der Waals surface area contributed by atoms with Gasteiger partial charge in [-0.05, 0) is 60.7 Å². The standard InChI is InChI=1S/C31H34N4O5/c1-22-7-6-8-26(27-9-4-5-16-32-27)25(22)12-10-23(2)30(36)33-35(37,38)28-21-24(11-13-29(28)39-3)31(14-15-31)34-17-19-40-20-18-34/h4-13,16,21,37-38H,2,14-15,17-20H2,1,3H3/p+1/b12-10-. The van der Waals surface area contributed by atoms with E-state index >= 15 is 0 Å². The van der Waals surface area contributed by atoms with Crippen LogP contribution in [0.1, 0.15) is 29.5 Å². The van der Waals surface area contributed by atoms with Gasteiger partial charge in [0.2, 0.25) is 0 Å². The molecule has 2 aromatic carbocycles. The molecule has 0 atom stereocenters. The fourth-order valence-corrected chi connectivity index (χ4v) is 5.30. The fourth-order valence-electron chi connectivity index (χ4n) is 5.30. The minimum Gasteiger partial charge on any atom is -0.491 e. The first-order valence-electron chi connectivity index (χ1n) is 13.3. The van der Waals surface area contributed by atoms with Gasteiger partial charge in [0, 0.05) is 42.0 Å². The summed E-state index contributed by atoms with van der Waals surface area (Å²) < 4.78 is 10.9. The third-order valence-electron chi connectivity index (χ3n) is 7.66. The average Bonchev–Trinajstić information content (AvgIpc) is 3.79. The molecule has 0 spiro atoms. The highest BCUT2D eigenvalue weighted by Crippen LogP contribution is 2.52. The Balaban J connectivity index is 1.36. The summed E-state index contributed by atoms with van der Waals surface area (Å²) in [6.45, 7) is 8.79. The number of hydrogen-bond donors (Lipinski definition) is 3. The van der Waals surface area contributed by atoms with Crippen molar-refractivity contribution in [1.82, 2.24) is 20.2 Å².